The number of ether oxygens (including phenoxy) is 1. The van der Waals surface area contributed by atoms with Gasteiger partial charge in [0.25, 0.3) is 11.8 Å². The van der Waals surface area contributed by atoms with E-state index in [4.69, 9.17) is 14.3 Å². The average molecular weight is 617 g/mol. The predicted octanol–water partition coefficient (Wildman–Crippen LogP) is 5.47. The minimum atomic E-state index is -0.399. The Kier molecular flexibility index (Phi) is 8.34. The smallest absolute Gasteiger partial charge is 0.287 e. The number of methoxy groups -OCH3 is 1. The summed E-state index contributed by atoms with van der Waals surface area (Å²) in [5.41, 5.74) is 2.24. The highest BCUT2D eigenvalue weighted by molar-refractivity contribution is 7.99. The number of carbonyl (C=O) groups is 2. The monoisotopic (exact) mass is 616 g/mol. The Morgan fingerprint density at radius 3 is 2.67 bits per heavy atom. The standard InChI is InChI=1S/C30H25FN6O4S2/c1-40-24-7-3-2-6-22(24)36-27(17-32-29(39)25-8-4-14-41-25)33-34-30(36)43-18-28(38)37-23(19-10-12-20(31)13-11-19)16-21(35-37)26-9-5-15-42-26/h2-15,23H,16-18H2,1H3,(H,32,39)/t23-/m0/s1. The van der Waals surface area contributed by atoms with E-state index in [1.54, 1.807) is 53.3 Å². The molecule has 0 spiro atoms. The number of aromatic nitrogens is 3. The van der Waals surface area contributed by atoms with Crippen LogP contribution in [-0.4, -0.2) is 50.2 Å². The van der Waals surface area contributed by atoms with Crippen LogP contribution in [0.1, 0.15) is 39.3 Å². The minimum Gasteiger partial charge on any atom is -0.495 e. The van der Waals surface area contributed by atoms with Gasteiger partial charge in [0.15, 0.2) is 16.7 Å². The second-order valence-electron chi connectivity index (χ2n) is 9.39. The van der Waals surface area contributed by atoms with E-state index in [0.29, 0.717) is 28.8 Å². The van der Waals surface area contributed by atoms with Crippen LogP contribution < -0.4 is 10.1 Å². The van der Waals surface area contributed by atoms with Crippen molar-refractivity contribution in [1.29, 1.82) is 0 Å². The van der Waals surface area contributed by atoms with Gasteiger partial charge >= 0.3 is 0 Å². The van der Waals surface area contributed by atoms with Gasteiger partial charge in [0, 0.05) is 6.42 Å². The first-order valence-electron chi connectivity index (χ1n) is 13.2. The number of hydrazone groups is 1. The van der Waals surface area contributed by atoms with Gasteiger partial charge in [0.1, 0.15) is 11.6 Å². The van der Waals surface area contributed by atoms with E-state index in [1.165, 1.54) is 35.2 Å². The molecule has 0 saturated carbocycles. The number of para-hydroxylation sites is 2. The summed E-state index contributed by atoms with van der Waals surface area (Å²) < 4.78 is 26.2. The number of rotatable bonds is 10. The predicted molar refractivity (Wildman–Crippen MR) is 160 cm³/mol. The molecule has 13 heteroatoms. The van der Waals surface area contributed by atoms with Crippen molar-refractivity contribution >= 4 is 40.6 Å². The summed E-state index contributed by atoms with van der Waals surface area (Å²) in [4.78, 5) is 27.2. The minimum absolute atomic E-state index is 0.00491. The fourth-order valence-corrected chi connectivity index (χ4v) is 6.23. The highest BCUT2D eigenvalue weighted by Crippen LogP contribution is 2.35. The van der Waals surface area contributed by atoms with E-state index in [0.717, 1.165) is 16.2 Å². The lowest BCUT2D eigenvalue weighted by molar-refractivity contribution is -0.130. The Labute approximate surface area is 254 Å². The van der Waals surface area contributed by atoms with Gasteiger partial charge in [-0.2, -0.15) is 5.10 Å². The molecule has 4 heterocycles. The lowest BCUT2D eigenvalue weighted by Gasteiger charge is -2.22. The van der Waals surface area contributed by atoms with Gasteiger partial charge in [-0.1, -0.05) is 42.1 Å². The molecule has 1 aliphatic rings. The second kappa shape index (κ2) is 12.6. The molecule has 5 aromatic rings. The van der Waals surface area contributed by atoms with E-state index >= 15 is 0 Å². The molecule has 1 aliphatic heterocycles. The van der Waals surface area contributed by atoms with Crippen molar-refractivity contribution in [2.75, 3.05) is 12.9 Å². The zero-order valence-corrected chi connectivity index (χ0v) is 24.5. The van der Waals surface area contributed by atoms with Crippen molar-refractivity contribution in [2.45, 2.75) is 24.2 Å². The average Bonchev–Trinajstić information content (AvgIpc) is 3.85. The molecule has 3 aromatic heterocycles. The van der Waals surface area contributed by atoms with E-state index in [9.17, 15) is 14.0 Å². The summed E-state index contributed by atoms with van der Waals surface area (Å²) in [7, 11) is 1.56. The first-order valence-corrected chi connectivity index (χ1v) is 15.1. The molecule has 0 radical (unpaired) electrons. The molecule has 0 bridgehead atoms. The number of halogens is 1. The molecule has 0 unspecified atom stereocenters. The zero-order chi connectivity index (χ0) is 29.8. The van der Waals surface area contributed by atoms with Crippen LogP contribution in [0.2, 0.25) is 0 Å². The summed E-state index contributed by atoms with van der Waals surface area (Å²) in [5.74, 6) is 0.189. The Morgan fingerprint density at radius 1 is 1.09 bits per heavy atom. The topological polar surface area (TPSA) is 115 Å². The van der Waals surface area contributed by atoms with Crippen molar-refractivity contribution in [3.05, 3.63) is 112 Å². The highest BCUT2D eigenvalue weighted by Gasteiger charge is 2.34. The molecule has 0 fully saturated rings. The third-order valence-corrected chi connectivity index (χ3v) is 8.56. The maximum absolute atomic E-state index is 13.7. The van der Waals surface area contributed by atoms with Gasteiger partial charge in [-0.05, 0) is 53.4 Å². The van der Waals surface area contributed by atoms with Gasteiger partial charge < -0.3 is 14.5 Å². The van der Waals surface area contributed by atoms with Gasteiger partial charge in [-0.15, -0.1) is 21.5 Å². The number of carbonyl (C=O) groups excluding carboxylic acids is 2. The largest absolute Gasteiger partial charge is 0.495 e. The van der Waals surface area contributed by atoms with Gasteiger partial charge in [-0.25, -0.2) is 9.40 Å². The number of hydrogen-bond acceptors (Lipinski definition) is 9. The number of thiophene rings is 1. The van der Waals surface area contributed by atoms with Crippen molar-refractivity contribution in [3.63, 3.8) is 0 Å². The molecule has 2 aromatic carbocycles. The maximum Gasteiger partial charge on any atom is 0.287 e. The molecule has 1 atom stereocenters. The zero-order valence-electron chi connectivity index (χ0n) is 22.8. The molecular weight excluding hydrogens is 592 g/mol. The number of benzene rings is 2. The second-order valence-corrected chi connectivity index (χ2v) is 11.3. The first-order chi connectivity index (χ1) is 21.0. The Balaban J connectivity index is 1.26. The van der Waals surface area contributed by atoms with E-state index in [-0.39, 0.29) is 35.8 Å². The number of furan rings is 1. The summed E-state index contributed by atoms with van der Waals surface area (Å²) in [6.07, 6.45) is 1.94. The number of nitrogens with zero attached hydrogens (tertiary/aromatic N) is 5. The molecule has 2 amide bonds. The van der Waals surface area contributed by atoms with Crippen LogP contribution in [0, 0.1) is 5.82 Å². The number of hydrogen-bond donors (Lipinski definition) is 1. The molecule has 0 aliphatic carbocycles. The summed E-state index contributed by atoms with van der Waals surface area (Å²) in [6.45, 7) is 0.0479. The number of nitrogens with one attached hydrogen (secondary N) is 1. The van der Waals surface area contributed by atoms with Gasteiger partial charge in [0.2, 0.25) is 0 Å². The fourth-order valence-electron chi connectivity index (χ4n) is 4.69. The SMILES string of the molecule is COc1ccccc1-n1c(CNC(=O)c2ccco2)nnc1SCC(=O)N1N=C(c2cccs2)C[C@H]1c1ccc(F)cc1. The molecule has 10 nitrogen and oxygen atoms in total. The van der Waals surface area contributed by atoms with Crippen LogP contribution in [0.5, 0.6) is 5.75 Å². The number of thioether (sulfide) groups is 1. The molecule has 1 N–H and O–H groups in total. The maximum atomic E-state index is 13.7. The lowest BCUT2D eigenvalue weighted by Crippen LogP contribution is -2.28. The Morgan fingerprint density at radius 2 is 1.93 bits per heavy atom. The van der Waals surface area contributed by atoms with Gasteiger partial charge in [0.05, 0.1) is 48.0 Å². The lowest BCUT2D eigenvalue weighted by atomic mass is 10.0. The highest BCUT2D eigenvalue weighted by atomic mass is 32.2. The molecular formula is C30H25FN6O4S2. The quantitative estimate of drug-likeness (QED) is 0.207. The summed E-state index contributed by atoms with van der Waals surface area (Å²) in [6, 6.07) is 20.2. The molecule has 0 saturated heterocycles. The van der Waals surface area contributed by atoms with Crippen molar-refractivity contribution in [2.24, 2.45) is 5.10 Å². The molecule has 43 heavy (non-hydrogen) atoms. The Hall–Kier alpha value is -4.75. The van der Waals surface area contributed by atoms with Crippen molar-refractivity contribution in [1.82, 2.24) is 25.1 Å². The molecule has 218 valence electrons. The first kappa shape index (κ1) is 28.4. The van der Waals surface area contributed by atoms with Crippen molar-refractivity contribution < 1.29 is 23.1 Å². The van der Waals surface area contributed by atoms with Crippen LogP contribution in [0.3, 0.4) is 0 Å². The summed E-state index contributed by atoms with van der Waals surface area (Å²) in [5, 5.41) is 20.0. The fraction of sp³-hybridized carbons (Fsp3) is 0.167. The van der Waals surface area contributed by atoms with E-state index in [2.05, 4.69) is 15.5 Å². The normalized spacial score (nSPS) is 14.5. The van der Waals surface area contributed by atoms with Crippen LogP contribution in [-0.2, 0) is 11.3 Å². The van der Waals surface area contributed by atoms with Gasteiger partial charge in [-0.3, -0.25) is 14.2 Å². The van der Waals surface area contributed by atoms with Crippen molar-refractivity contribution in [3.8, 4) is 11.4 Å². The third kappa shape index (κ3) is 6.08. The van der Waals surface area contributed by atoms with Crippen LogP contribution in [0.4, 0.5) is 4.39 Å². The molecule has 6 rings (SSSR count). The Bertz CT molecular complexity index is 1750. The third-order valence-electron chi connectivity index (χ3n) is 6.73. The number of amides is 2. The van der Waals surface area contributed by atoms with Crippen LogP contribution in [0.25, 0.3) is 5.69 Å². The van der Waals surface area contributed by atoms with E-state index < -0.39 is 5.91 Å². The van der Waals surface area contributed by atoms with E-state index in [1.807, 2.05) is 35.7 Å². The van der Waals surface area contributed by atoms with Crippen LogP contribution in [0.15, 0.2) is 99.1 Å². The van der Waals surface area contributed by atoms with Crippen LogP contribution >= 0.6 is 23.1 Å². The summed E-state index contributed by atoms with van der Waals surface area (Å²) >= 11 is 2.74.